The van der Waals surface area contributed by atoms with Crippen molar-refractivity contribution < 1.29 is 26.7 Å². The Morgan fingerprint density at radius 1 is 0.968 bits per heavy atom. The van der Waals surface area contributed by atoms with E-state index in [-0.39, 0.29) is 15.7 Å². The van der Waals surface area contributed by atoms with Crippen LogP contribution in [0.25, 0.3) is 0 Å². The van der Waals surface area contributed by atoms with Crippen molar-refractivity contribution in [2.45, 2.75) is 4.90 Å². The van der Waals surface area contributed by atoms with E-state index in [0.717, 1.165) is 24.3 Å². The number of hydrogen-bond donors (Lipinski definition) is 2. The second-order valence-electron chi connectivity index (χ2n) is 6.14. The second-order valence-corrected chi connectivity index (χ2v) is 8.66. The van der Waals surface area contributed by atoms with E-state index in [9.17, 15) is 22.0 Å². The number of nitrogens with one attached hydrogen (secondary N) is 2. The summed E-state index contributed by atoms with van der Waals surface area (Å²) in [4.78, 5) is 11.8. The average Bonchev–Trinajstić information content (AvgIpc) is 2.71. The van der Waals surface area contributed by atoms with E-state index >= 15 is 0 Å². The summed E-state index contributed by atoms with van der Waals surface area (Å²) in [5.74, 6) is -2.69. The first-order valence-electron chi connectivity index (χ1n) is 8.60. The van der Waals surface area contributed by atoms with Gasteiger partial charge in [-0.3, -0.25) is 9.52 Å². The van der Waals surface area contributed by atoms with Crippen molar-refractivity contribution in [2.75, 3.05) is 16.6 Å². The van der Waals surface area contributed by atoms with Crippen molar-refractivity contribution in [3.8, 4) is 5.75 Å². The van der Waals surface area contributed by atoms with E-state index in [1.807, 2.05) is 0 Å². The molecule has 0 radical (unpaired) electrons. The fourth-order valence-electron chi connectivity index (χ4n) is 2.43. The van der Waals surface area contributed by atoms with Gasteiger partial charge in [-0.1, -0.05) is 29.3 Å². The van der Waals surface area contributed by atoms with E-state index in [1.165, 1.54) is 36.4 Å². The third-order valence-electron chi connectivity index (χ3n) is 3.90. The van der Waals surface area contributed by atoms with Crippen LogP contribution in [0.3, 0.4) is 0 Å². The Kier molecular flexibility index (Phi) is 6.99. The topological polar surface area (TPSA) is 84.5 Å². The standard InChI is InChI=1S/C20H14Cl2F2N2O4S/c21-12-4-6-13(7-5-12)26-31(28,29)14-8-9-18(15(22)10-14)30-11-19(27)25-20-16(23)2-1-3-17(20)24/h1-10,26H,11H2,(H,25,27). The maximum Gasteiger partial charge on any atom is 0.262 e. The van der Waals surface area contributed by atoms with Gasteiger partial charge >= 0.3 is 0 Å². The van der Waals surface area contributed by atoms with Crippen LogP contribution in [0.5, 0.6) is 5.75 Å². The smallest absolute Gasteiger partial charge is 0.262 e. The molecule has 2 N–H and O–H groups in total. The lowest BCUT2D eigenvalue weighted by molar-refractivity contribution is -0.118. The fraction of sp³-hybridized carbons (Fsp3) is 0.0500. The molecule has 0 spiro atoms. The minimum atomic E-state index is -3.94. The minimum absolute atomic E-state index is 0.0104. The lowest BCUT2D eigenvalue weighted by Crippen LogP contribution is -2.21. The van der Waals surface area contributed by atoms with Gasteiger partial charge in [0.2, 0.25) is 0 Å². The molecular weight excluding hydrogens is 473 g/mol. The third kappa shape index (κ3) is 5.84. The molecule has 0 aliphatic rings. The molecule has 0 bridgehead atoms. The van der Waals surface area contributed by atoms with E-state index in [0.29, 0.717) is 10.7 Å². The fourth-order valence-corrected chi connectivity index (χ4v) is 3.94. The van der Waals surface area contributed by atoms with Gasteiger partial charge in [0.05, 0.1) is 9.92 Å². The van der Waals surface area contributed by atoms with E-state index < -0.39 is 39.9 Å². The van der Waals surface area contributed by atoms with Crippen LogP contribution in [0.4, 0.5) is 20.2 Å². The Hall–Kier alpha value is -2.88. The van der Waals surface area contributed by atoms with Crippen LogP contribution in [-0.2, 0) is 14.8 Å². The molecule has 0 atom stereocenters. The number of anilines is 2. The molecule has 11 heteroatoms. The van der Waals surface area contributed by atoms with Crippen molar-refractivity contribution in [3.63, 3.8) is 0 Å². The maximum atomic E-state index is 13.6. The Labute approximate surface area is 186 Å². The summed E-state index contributed by atoms with van der Waals surface area (Å²) in [6, 6.07) is 12.8. The largest absolute Gasteiger partial charge is 0.482 e. The number of para-hydroxylation sites is 1. The highest BCUT2D eigenvalue weighted by Crippen LogP contribution is 2.28. The molecule has 0 aliphatic carbocycles. The summed E-state index contributed by atoms with van der Waals surface area (Å²) in [5.41, 5.74) is -0.296. The molecule has 0 saturated heterocycles. The number of halogens is 4. The van der Waals surface area contributed by atoms with Crippen molar-refractivity contribution in [2.24, 2.45) is 0 Å². The number of amides is 1. The van der Waals surface area contributed by atoms with Gasteiger partial charge in [0.15, 0.2) is 6.61 Å². The molecule has 0 aromatic heterocycles. The molecule has 0 unspecified atom stereocenters. The summed E-state index contributed by atoms with van der Waals surface area (Å²) in [6.45, 7) is -0.609. The van der Waals surface area contributed by atoms with Gasteiger partial charge in [-0.05, 0) is 54.6 Å². The number of ether oxygens (including phenoxy) is 1. The lowest BCUT2D eigenvalue weighted by atomic mass is 10.3. The molecule has 0 aliphatic heterocycles. The molecule has 0 fully saturated rings. The molecule has 162 valence electrons. The van der Waals surface area contributed by atoms with Crippen LogP contribution >= 0.6 is 23.2 Å². The highest BCUT2D eigenvalue weighted by molar-refractivity contribution is 7.92. The van der Waals surface area contributed by atoms with Gasteiger partial charge in [0, 0.05) is 10.7 Å². The molecule has 3 rings (SSSR count). The number of hydrogen-bond acceptors (Lipinski definition) is 4. The summed E-state index contributed by atoms with van der Waals surface area (Å²) >= 11 is 11.8. The molecule has 3 aromatic rings. The predicted molar refractivity (Wildman–Crippen MR) is 114 cm³/mol. The highest BCUT2D eigenvalue weighted by atomic mass is 35.5. The SMILES string of the molecule is O=C(COc1ccc(S(=O)(=O)Nc2ccc(Cl)cc2)cc1Cl)Nc1c(F)cccc1F. The summed E-state index contributed by atoms with van der Waals surface area (Å²) in [6.07, 6.45) is 0. The monoisotopic (exact) mass is 486 g/mol. The number of sulfonamides is 1. The quantitative estimate of drug-likeness (QED) is 0.487. The maximum absolute atomic E-state index is 13.6. The molecule has 0 saturated carbocycles. The van der Waals surface area contributed by atoms with Gasteiger partial charge in [-0.2, -0.15) is 0 Å². The number of carbonyl (C=O) groups excluding carboxylic acids is 1. The third-order valence-corrected chi connectivity index (χ3v) is 5.82. The average molecular weight is 487 g/mol. The molecule has 1 amide bonds. The van der Waals surface area contributed by atoms with Crippen molar-refractivity contribution >= 4 is 50.5 Å². The normalized spacial score (nSPS) is 11.1. The van der Waals surface area contributed by atoms with Gasteiger partial charge in [0.1, 0.15) is 23.1 Å². The van der Waals surface area contributed by atoms with E-state index in [4.69, 9.17) is 27.9 Å². The Morgan fingerprint density at radius 2 is 1.61 bits per heavy atom. The molecule has 31 heavy (non-hydrogen) atoms. The zero-order valence-corrected chi connectivity index (χ0v) is 17.9. The zero-order valence-electron chi connectivity index (χ0n) is 15.5. The first-order chi connectivity index (χ1) is 14.7. The van der Waals surface area contributed by atoms with E-state index in [1.54, 1.807) is 0 Å². The Morgan fingerprint density at radius 3 is 2.23 bits per heavy atom. The van der Waals surface area contributed by atoms with Crippen LogP contribution in [0.2, 0.25) is 10.0 Å². The van der Waals surface area contributed by atoms with Gasteiger partial charge in [0.25, 0.3) is 15.9 Å². The van der Waals surface area contributed by atoms with Crippen LogP contribution < -0.4 is 14.8 Å². The van der Waals surface area contributed by atoms with Crippen LogP contribution in [-0.4, -0.2) is 20.9 Å². The molecule has 6 nitrogen and oxygen atoms in total. The summed E-state index contributed by atoms with van der Waals surface area (Å²) in [7, 11) is -3.94. The summed E-state index contributed by atoms with van der Waals surface area (Å²) in [5, 5.41) is 2.44. The number of rotatable bonds is 7. The molecule has 3 aromatic carbocycles. The summed E-state index contributed by atoms with van der Waals surface area (Å²) < 4.78 is 59.8. The first-order valence-corrected chi connectivity index (χ1v) is 10.8. The van der Waals surface area contributed by atoms with Gasteiger partial charge in [-0.25, -0.2) is 17.2 Å². The zero-order chi connectivity index (χ0) is 22.6. The van der Waals surface area contributed by atoms with Gasteiger partial charge in [-0.15, -0.1) is 0 Å². The van der Waals surface area contributed by atoms with Crippen molar-refractivity contribution in [1.82, 2.24) is 0 Å². The van der Waals surface area contributed by atoms with Crippen LogP contribution in [0, 0.1) is 11.6 Å². The van der Waals surface area contributed by atoms with Crippen molar-refractivity contribution in [1.29, 1.82) is 0 Å². The predicted octanol–water partition coefficient (Wildman–Crippen LogP) is 5.09. The first kappa shape index (κ1) is 22.8. The van der Waals surface area contributed by atoms with E-state index in [2.05, 4.69) is 10.0 Å². The van der Waals surface area contributed by atoms with Gasteiger partial charge < -0.3 is 10.1 Å². The number of benzene rings is 3. The second kappa shape index (κ2) is 9.51. The Bertz CT molecular complexity index is 1200. The lowest BCUT2D eigenvalue weighted by Gasteiger charge is -2.12. The number of carbonyl (C=O) groups is 1. The molecular formula is C20H14Cl2F2N2O4S. The highest BCUT2D eigenvalue weighted by Gasteiger charge is 2.18. The van der Waals surface area contributed by atoms with Crippen LogP contribution in [0.1, 0.15) is 0 Å². The minimum Gasteiger partial charge on any atom is -0.482 e. The Balaban J connectivity index is 1.66. The van der Waals surface area contributed by atoms with Crippen molar-refractivity contribution in [3.05, 3.63) is 82.3 Å². The van der Waals surface area contributed by atoms with Crippen LogP contribution in [0.15, 0.2) is 65.6 Å². The molecule has 0 heterocycles.